The van der Waals surface area contributed by atoms with E-state index in [1.54, 1.807) is 0 Å². The molecule has 6 nitrogen and oxygen atoms in total. The lowest BCUT2D eigenvalue weighted by atomic mass is 10.3. The maximum atomic E-state index is 12.9. The topological polar surface area (TPSA) is 72.7 Å². The van der Waals surface area contributed by atoms with Crippen molar-refractivity contribution >= 4 is 34.0 Å². The molecule has 1 unspecified atom stereocenters. The first kappa shape index (κ1) is 17.2. The monoisotopic (exact) mass is 379 g/mol. The molecule has 0 saturated heterocycles. The van der Waals surface area contributed by atoms with E-state index in [9.17, 15) is 18.0 Å². The molecule has 0 aliphatic heterocycles. The van der Waals surface area contributed by atoms with Crippen LogP contribution in [0.3, 0.4) is 0 Å². The third-order valence-corrected chi connectivity index (χ3v) is 5.14. The van der Waals surface area contributed by atoms with Crippen molar-refractivity contribution in [2.24, 2.45) is 0 Å². The van der Waals surface area contributed by atoms with E-state index in [0.717, 1.165) is 22.5 Å². The van der Waals surface area contributed by atoms with Crippen LogP contribution >= 0.6 is 22.9 Å². The van der Waals surface area contributed by atoms with Crippen molar-refractivity contribution in [2.45, 2.75) is 44.8 Å². The average Bonchev–Trinajstić information content (AvgIpc) is 3.17. The predicted octanol–water partition coefficient (Wildman–Crippen LogP) is 3.79. The number of hydrogen-bond acceptors (Lipinski definition) is 5. The minimum atomic E-state index is -4.68. The molecule has 1 saturated carbocycles. The Hall–Kier alpha value is -1.68. The minimum Gasteiger partial charge on any atom is -0.299 e. The van der Waals surface area contributed by atoms with E-state index in [0.29, 0.717) is 11.0 Å². The van der Waals surface area contributed by atoms with Gasteiger partial charge < -0.3 is 0 Å². The Morgan fingerprint density at radius 3 is 2.62 bits per heavy atom. The molecule has 1 amide bonds. The molecule has 0 radical (unpaired) electrons. The van der Waals surface area contributed by atoms with Gasteiger partial charge in [0, 0.05) is 5.92 Å². The summed E-state index contributed by atoms with van der Waals surface area (Å²) in [5, 5.41) is 14.6. The smallest absolute Gasteiger partial charge is 0.299 e. The summed E-state index contributed by atoms with van der Waals surface area (Å²) in [5.74, 6) is -0.128. The van der Waals surface area contributed by atoms with Gasteiger partial charge in [-0.15, -0.1) is 10.2 Å². The lowest BCUT2D eigenvalue weighted by Crippen LogP contribution is -2.25. The predicted molar refractivity (Wildman–Crippen MR) is 82.2 cm³/mol. The summed E-state index contributed by atoms with van der Waals surface area (Å²) in [6.07, 6.45) is -2.56. The van der Waals surface area contributed by atoms with Crippen LogP contribution in [0.4, 0.5) is 18.3 Å². The molecule has 11 heteroatoms. The maximum Gasteiger partial charge on any atom is 0.436 e. The second-order valence-corrected chi connectivity index (χ2v) is 6.96. The van der Waals surface area contributed by atoms with Gasteiger partial charge in [-0.3, -0.25) is 14.8 Å². The Kier molecular flexibility index (Phi) is 4.28. The van der Waals surface area contributed by atoms with Crippen molar-refractivity contribution in [1.82, 2.24) is 20.0 Å². The molecule has 1 fully saturated rings. The average molecular weight is 380 g/mol. The van der Waals surface area contributed by atoms with Crippen molar-refractivity contribution in [3.8, 4) is 0 Å². The molecule has 1 atom stereocenters. The molecule has 130 valence electrons. The molecule has 2 aromatic rings. The van der Waals surface area contributed by atoms with E-state index in [2.05, 4.69) is 20.6 Å². The molecular formula is C13H13ClF3N5OS. The van der Waals surface area contributed by atoms with Gasteiger partial charge in [0.1, 0.15) is 11.0 Å². The van der Waals surface area contributed by atoms with E-state index < -0.39 is 28.8 Å². The van der Waals surface area contributed by atoms with E-state index in [-0.39, 0.29) is 5.69 Å². The highest BCUT2D eigenvalue weighted by molar-refractivity contribution is 7.15. The first-order valence-corrected chi connectivity index (χ1v) is 8.34. The fraction of sp³-hybridized carbons (Fsp3) is 0.538. The summed E-state index contributed by atoms with van der Waals surface area (Å²) in [4.78, 5) is 12.3. The van der Waals surface area contributed by atoms with Crippen LogP contribution in [0.5, 0.6) is 0 Å². The zero-order valence-electron chi connectivity index (χ0n) is 12.7. The molecule has 0 aromatic carbocycles. The summed E-state index contributed by atoms with van der Waals surface area (Å²) in [7, 11) is 0. The number of aromatic nitrogens is 4. The number of anilines is 1. The molecule has 3 rings (SSSR count). The zero-order chi connectivity index (χ0) is 17.6. The van der Waals surface area contributed by atoms with Gasteiger partial charge in [0.25, 0.3) is 5.91 Å². The van der Waals surface area contributed by atoms with Gasteiger partial charge in [-0.05, 0) is 26.7 Å². The fourth-order valence-corrected chi connectivity index (χ4v) is 3.30. The standard InChI is InChI=1S/C13H13ClF3N5OS/c1-5-8(14)9(13(15,16)17)21-22(5)6(2)10(23)18-12-20-19-11(24-12)7-3-4-7/h6-7H,3-4H2,1-2H3,(H,18,20,23). The summed E-state index contributed by atoms with van der Waals surface area (Å²) < 4.78 is 39.5. The second kappa shape index (κ2) is 5.99. The molecule has 1 aliphatic carbocycles. The summed E-state index contributed by atoms with van der Waals surface area (Å²) in [5.41, 5.74) is -1.13. The van der Waals surface area contributed by atoms with Crippen LogP contribution in [0.15, 0.2) is 0 Å². The number of carbonyl (C=O) groups is 1. The van der Waals surface area contributed by atoms with Crippen molar-refractivity contribution < 1.29 is 18.0 Å². The quantitative estimate of drug-likeness (QED) is 0.877. The third-order valence-electron chi connectivity index (χ3n) is 3.69. The number of halogens is 4. The lowest BCUT2D eigenvalue weighted by molar-refractivity contribution is -0.141. The molecule has 1 aliphatic rings. The molecule has 1 N–H and O–H groups in total. The fourth-order valence-electron chi connectivity index (χ4n) is 2.16. The molecule has 2 aromatic heterocycles. The Bertz CT molecular complexity index is 783. The number of amides is 1. The number of carbonyl (C=O) groups excluding carboxylic acids is 1. The first-order chi connectivity index (χ1) is 11.2. The molecule has 0 bridgehead atoms. The van der Waals surface area contributed by atoms with Crippen molar-refractivity contribution in [3.05, 3.63) is 21.4 Å². The van der Waals surface area contributed by atoms with Gasteiger partial charge >= 0.3 is 6.18 Å². The van der Waals surface area contributed by atoms with Crippen LogP contribution in [-0.4, -0.2) is 25.9 Å². The van der Waals surface area contributed by atoms with E-state index >= 15 is 0 Å². The van der Waals surface area contributed by atoms with Gasteiger partial charge in [-0.25, -0.2) is 0 Å². The number of alkyl halides is 3. The summed E-state index contributed by atoms with van der Waals surface area (Å²) in [6.45, 7) is 2.82. The zero-order valence-corrected chi connectivity index (χ0v) is 14.3. The highest BCUT2D eigenvalue weighted by Crippen LogP contribution is 2.42. The van der Waals surface area contributed by atoms with Crippen LogP contribution in [0.1, 0.15) is 48.1 Å². The number of rotatable bonds is 4. The largest absolute Gasteiger partial charge is 0.436 e. The number of hydrogen-bond donors (Lipinski definition) is 1. The highest BCUT2D eigenvalue weighted by atomic mass is 35.5. The summed E-state index contributed by atoms with van der Waals surface area (Å²) >= 11 is 6.97. The second-order valence-electron chi connectivity index (χ2n) is 5.58. The molecule has 2 heterocycles. The number of nitrogens with zero attached hydrogens (tertiary/aromatic N) is 4. The highest BCUT2D eigenvalue weighted by Gasteiger charge is 2.39. The molecular weight excluding hydrogens is 367 g/mol. The van der Waals surface area contributed by atoms with Crippen LogP contribution in [0, 0.1) is 6.92 Å². The Morgan fingerprint density at radius 2 is 2.08 bits per heavy atom. The van der Waals surface area contributed by atoms with Gasteiger partial charge in [-0.1, -0.05) is 22.9 Å². The van der Waals surface area contributed by atoms with Crippen molar-refractivity contribution in [3.63, 3.8) is 0 Å². The van der Waals surface area contributed by atoms with Crippen LogP contribution in [-0.2, 0) is 11.0 Å². The van der Waals surface area contributed by atoms with Crippen molar-refractivity contribution in [1.29, 1.82) is 0 Å². The Balaban J connectivity index is 1.77. The van der Waals surface area contributed by atoms with Crippen LogP contribution in [0.2, 0.25) is 5.02 Å². The maximum absolute atomic E-state index is 12.9. The third kappa shape index (κ3) is 3.25. The Labute approximate surface area is 144 Å². The Morgan fingerprint density at radius 1 is 1.42 bits per heavy atom. The SMILES string of the molecule is Cc1c(Cl)c(C(F)(F)F)nn1C(C)C(=O)Nc1nnc(C2CC2)s1. The normalized spacial score (nSPS) is 16.2. The molecule has 24 heavy (non-hydrogen) atoms. The van der Waals surface area contributed by atoms with Crippen LogP contribution < -0.4 is 5.32 Å². The number of nitrogens with one attached hydrogen (secondary N) is 1. The van der Waals surface area contributed by atoms with Gasteiger partial charge in [0.05, 0.1) is 10.7 Å². The van der Waals surface area contributed by atoms with Crippen LogP contribution in [0.25, 0.3) is 0 Å². The summed E-state index contributed by atoms with van der Waals surface area (Å²) in [6, 6.07) is -0.980. The lowest BCUT2D eigenvalue weighted by Gasteiger charge is -2.13. The van der Waals surface area contributed by atoms with E-state index in [1.807, 2.05) is 0 Å². The van der Waals surface area contributed by atoms with Gasteiger partial charge in [-0.2, -0.15) is 18.3 Å². The van der Waals surface area contributed by atoms with Gasteiger partial charge in [0.15, 0.2) is 5.69 Å². The van der Waals surface area contributed by atoms with E-state index in [4.69, 9.17) is 11.6 Å². The van der Waals surface area contributed by atoms with Gasteiger partial charge in [0.2, 0.25) is 5.13 Å². The van der Waals surface area contributed by atoms with E-state index in [1.165, 1.54) is 25.2 Å². The van der Waals surface area contributed by atoms with Crippen molar-refractivity contribution in [2.75, 3.05) is 5.32 Å². The first-order valence-electron chi connectivity index (χ1n) is 7.14. The molecule has 0 spiro atoms. The minimum absolute atomic E-state index is 0.0718.